The Morgan fingerprint density at radius 3 is 1.91 bits per heavy atom. The van der Waals surface area contributed by atoms with Gasteiger partial charge in [-0.1, -0.05) is 46.6 Å². The molecule has 6 heteroatoms. The average Bonchev–Trinajstić information content (AvgIpc) is 2.99. The van der Waals surface area contributed by atoms with Crippen molar-refractivity contribution in [1.82, 2.24) is 0 Å². The number of benzene rings is 1. The topological polar surface area (TPSA) is 71.1 Å². The summed E-state index contributed by atoms with van der Waals surface area (Å²) in [5, 5.41) is 0. The standard InChI is InChI=1S/C39H58O6/c1-9-42-37(41)25-23-31(5)20-14-18-29(3)16-12-15-28(2)17-13-19-30(4)22-24-35-27-36(45-38-21-10-11-26-43-38)32(6)33(7)39(35)44-34(8)40/h16-17,20,22,27,38H,9-15,18-19,21,23-26H2,1-8H3/b28-17+,29-16+,30-22?,31-20+. The minimum Gasteiger partial charge on any atom is -0.466 e. The van der Waals surface area contributed by atoms with Gasteiger partial charge in [0.2, 0.25) is 0 Å². The van der Waals surface area contributed by atoms with E-state index in [4.69, 9.17) is 18.9 Å². The lowest BCUT2D eigenvalue weighted by molar-refractivity contribution is -0.143. The molecule has 0 amide bonds. The molecule has 0 aliphatic carbocycles. The van der Waals surface area contributed by atoms with Gasteiger partial charge < -0.3 is 18.9 Å². The molecule has 0 aromatic heterocycles. The number of carbonyl (C=O) groups excluding carboxylic acids is 2. The molecule has 0 N–H and O–H groups in total. The van der Waals surface area contributed by atoms with Gasteiger partial charge in [-0.2, -0.15) is 0 Å². The van der Waals surface area contributed by atoms with Crippen molar-refractivity contribution in [3.05, 3.63) is 69.4 Å². The maximum absolute atomic E-state index is 11.9. The molecule has 1 atom stereocenters. The van der Waals surface area contributed by atoms with Crippen LogP contribution in [0.4, 0.5) is 0 Å². The van der Waals surface area contributed by atoms with Crippen molar-refractivity contribution in [3.63, 3.8) is 0 Å². The van der Waals surface area contributed by atoms with E-state index in [0.717, 1.165) is 93.3 Å². The second-order valence-electron chi connectivity index (χ2n) is 12.4. The van der Waals surface area contributed by atoms with Crippen LogP contribution in [-0.2, 0) is 25.5 Å². The van der Waals surface area contributed by atoms with E-state index in [0.29, 0.717) is 25.2 Å². The number of ether oxygens (including phenoxy) is 4. The van der Waals surface area contributed by atoms with Crippen LogP contribution >= 0.6 is 0 Å². The molecule has 1 fully saturated rings. The minimum absolute atomic E-state index is 0.117. The first-order valence-electron chi connectivity index (χ1n) is 16.9. The van der Waals surface area contributed by atoms with Crippen LogP contribution in [0, 0.1) is 13.8 Å². The first-order chi connectivity index (χ1) is 21.5. The summed E-state index contributed by atoms with van der Waals surface area (Å²) < 4.78 is 22.7. The first-order valence-corrected chi connectivity index (χ1v) is 16.9. The SMILES string of the molecule is CCOC(=O)CC/C(C)=C/CC/C(C)=C/CC/C(C)=C/CCC(C)=CCc1cc(OC2CCCCO2)c(C)c(C)c1OC(C)=O. The predicted molar refractivity (Wildman–Crippen MR) is 184 cm³/mol. The van der Waals surface area contributed by atoms with Crippen molar-refractivity contribution in [3.8, 4) is 11.5 Å². The van der Waals surface area contributed by atoms with Gasteiger partial charge in [0.05, 0.1) is 13.2 Å². The van der Waals surface area contributed by atoms with Gasteiger partial charge in [-0.3, -0.25) is 9.59 Å². The third-order valence-electron chi connectivity index (χ3n) is 8.31. The van der Waals surface area contributed by atoms with Gasteiger partial charge >= 0.3 is 11.9 Å². The average molecular weight is 623 g/mol. The van der Waals surface area contributed by atoms with Crippen LogP contribution in [0.2, 0.25) is 0 Å². The summed E-state index contributed by atoms with van der Waals surface area (Å²) in [6.45, 7) is 17.1. The Morgan fingerprint density at radius 1 is 0.800 bits per heavy atom. The zero-order chi connectivity index (χ0) is 33.2. The van der Waals surface area contributed by atoms with Crippen molar-refractivity contribution >= 4 is 11.9 Å². The maximum Gasteiger partial charge on any atom is 0.308 e. The molecular weight excluding hydrogens is 564 g/mol. The molecule has 1 aromatic rings. The van der Waals surface area contributed by atoms with Crippen molar-refractivity contribution in [2.24, 2.45) is 0 Å². The smallest absolute Gasteiger partial charge is 0.308 e. The van der Waals surface area contributed by atoms with E-state index < -0.39 is 0 Å². The van der Waals surface area contributed by atoms with E-state index in [1.165, 1.54) is 29.2 Å². The van der Waals surface area contributed by atoms with E-state index in [2.05, 4.69) is 52.0 Å². The van der Waals surface area contributed by atoms with Crippen LogP contribution in [0.3, 0.4) is 0 Å². The van der Waals surface area contributed by atoms with Crippen LogP contribution in [0.25, 0.3) is 0 Å². The number of hydrogen-bond acceptors (Lipinski definition) is 6. The first kappa shape index (κ1) is 38.1. The molecule has 1 aliphatic rings. The number of rotatable bonds is 18. The molecule has 0 bridgehead atoms. The molecule has 1 unspecified atom stereocenters. The molecule has 0 radical (unpaired) electrons. The highest BCUT2D eigenvalue weighted by Crippen LogP contribution is 2.36. The second-order valence-corrected chi connectivity index (χ2v) is 12.4. The summed E-state index contributed by atoms with van der Waals surface area (Å²) in [5.41, 5.74) is 8.25. The van der Waals surface area contributed by atoms with Gasteiger partial charge in [0, 0.05) is 25.3 Å². The predicted octanol–water partition coefficient (Wildman–Crippen LogP) is 10.1. The normalized spacial score (nSPS) is 16.5. The van der Waals surface area contributed by atoms with Crippen molar-refractivity contribution < 1.29 is 28.5 Å². The van der Waals surface area contributed by atoms with Crippen LogP contribution in [-0.4, -0.2) is 31.4 Å². The van der Waals surface area contributed by atoms with Crippen molar-refractivity contribution in [2.75, 3.05) is 13.2 Å². The third kappa shape index (κ3) is 15.1. The molecule has 250 valence electrons. The fourth-order valence-electron chi connectivity index (χ4n) is 5.30. The summed E-state index contributed by atoms with van der Waals surface area (Å²) >= 11 is 0. The highest BCUT2D eigenvalue weighted by Gasteiger charge is 2.20. The van der Waals surface area contributed by atoms with Crippen LogP contribution in [0.5, 0.6) is 11.5 Å². The summed E-state index contributed by atoms with van der Waals surface area (Å²) in [4.78, 5) is 23.4. The molecule has 2 rings (SSSR count). The molecule has 45 heavy (non-hydrogen) atoms. The highest BCUT2D eigenvalue weighted by molar-refractivity contribution is 5.71. The number of esters is 2. The lowest BCUT2D eigenvalue weighted by atomic mass is 9.99. The molecular formula is C39H58O6. The summed E-state index contributed by atoms with van der Waals surface area (Å²) in [7, 11) is 0. The number of hydrogen-bond donors (Lipinski definition) is 0. The monoisotopic (exact) mass is 622 g/mol. The quantitative estimate of drug-likeness (QED) is 0.0922. The molecule has 0 saturated carbocycles. The molecule has 1 heterocycles. The zero-order valence-electron chi connectivity index (χ0n) is 29.3. The van der Waals surface area contributed by atoms with Crippen LogP contribution in [0.15, 0.2) is 52.7 Å². The van der Waals surface area contributed by atoms with E-state index in [1.54, 1.807) is 0 Å². The Bertz CT molecular complexity index is 1230. The lowest BCUT2D eigenvalue weighted by Crippen LogP contribution is -2.25. The Morgan fingerprint density at radius 2 is 1.38 bits per heavy atom. The van der Waals surface area contributed by atoms with Gasteiger partial charge in [0.25, 0.3) is 0 Å². The van der Waals surface area contributed by atoms with Gasteiger partial charge in [0.15, 0.2) is 6.29 Å². The van der Waals surface area contributed by atoms with Gasteiger partial charge in [0.1, 0.15) is 11.5 Å². The van der Waals surface area contributed by atoms with Gasteiger partial charge in [-0.25, -0.2) is 0 Å². The fourth-order valence-corrected chi connectivity index (χ4v) is 5.30. The molecule has 1 saturated heterocycles. The highest BCUT2D eigenvalue weighted by atomic mass is 16.7. The number of allylic oxidation sites excluding steroid dienone is 8. The molecule has 1 aromatic carbocycles. The van der Waals surface area contributed by atoms with Crippen LogP contribution in [0.1, 0.15) is 129 Å². The van der Waals surface area contributed by atoms with E-state index >= 15 is 0 Å². The lowest BCUT2D eigenvalue weighted by Gasteiger charge is -2.25. The number of carbonyl (C=O) groups is 2. The second kappa shape index (κ2) is 20.8. The Labute approximate surface area is 272 Å². The van der Waals surface area contributed by atoms with E-state index in [-0.39, 0.29) is 18.2 Å². The van der Waals surface area contributed by atoms with E-state index in [1.807, 2.05) is 26.8 Å². The van der Waals surface area contributed by atoms with E-state index in [9.17, 15) is 9.59 Å². The van der Waals surface area contributed by atoms with Crippen molar-refractivity contribution in [1.29, 1.82) is 0 Å². The fraction of sp³-hybridized carbons (Fsp3) is 0.590. The summed E-state index contributed by atoms with van der Waals surface area (Å²) in [5.74, 6) is 1.01. The minimum atomic E-state index is -0.316. The van der Waals surface area contributed by atoms with Crippen LogP contribution < -0.4 is 9.47 Å². The van der Waals surface area contributed by atoms with Crippen molar-refractivity contribution in [2.45, 2.75) is 139 Å². The summed E-state index contributed by atoms with van der Waals surface area (Å²) in [6.07, 6.45) is 20.1. The third-order valence-corrected chi connectivity index (χ3v) is 8.31. The van der Waals surface area contributed by atoms with Gasteiger partial charge in [-0.15, -0.1) is 0 Å². The molecule has 0 spiro atoms. The maximum atomic E-state index is 11.9. The summed E-state index contributed by atoms with van der Waals surface area (Å²) in [6, 6.07) is 2.02. The van der Waals surface area contributed by atoms with Gasteiger partial charge in [-0.05, 0) is 130 Å². The molecule has 6 nitrogen and oxygen atoms in total. The molecule has 1 aliphatic heterocycles. The Kier molecular flexibility index (Phi) is 17.6. The Balaban J connectivity index is 1.86. The Hall–Kier alpha value is -3.12. The largest absolute Gasteiger partial charge is 0.466 e. The zero-order valence-corrected chi connectivity index (χ0v) is 29.3.